The number of carbonyl (C=O) groups excluding carboxylic acids is 1. The molecule has 14 heavy (non-hydrogen) atoms. The van der Waals surface area contributed by atoms with Crippen LogP contribution in [0.5, 0.6) is 0 Å². The minimum Gasteiger partial charge on any atom is -0.377 e. The number of ether oxygens (including phenoxy) is 1. The molecule has 0 saturated carbocycles. The van der Waals surface area contributed by atoms with Gasteiger partial charge in [0.2, 0.25) is 0 Å². The Balaban J connectivity index is 2.24. The highest BCUT2D eigenvalue weighted by Gasteiger charge is 2.13. The molecule has 1 aromatic carbocycles. The molecule has 0 heterocycles. The van der Waals surface area contributed by atoms with Crippen molar-refractivity contribution >= 4 is 5.78 Å². The Bertz CT molecular complexity index is 355. The third kappa shape index (κ3) is 1.70. The quantitative estimate of drug-likeness (QED) is 0.681. The third-order valence-electron chi connectivity index (χ3n) is 2.70. The molecule has 1 aliphatic carbocycles. The van der Waals surface area contributed by atoms with Gasteiger partial charge >= 0.3 is 0 Å². The van der Waals surface area contributed by atoms with E-state index < -0.39 is 0 Å². The van der Waals surface area contributed by atoms with Gasteiger partial charge in [0.05, 0.1) is 0 Å². The van der Waals surface area contributed by atoms with E-state index in [9.17, 15) is 4.79 Å². The molecule has 0 radical (unpaired) electrons. The summed E-state index contributed by atoms with van der Waals surface area (Å²) in [6.07, 6.45) is 3.49. The van der Waals surface area contributed by atoms with E-state index >= 15 is 0 Å². The van der Waals surface area contributed by atoms with Gasteiger partial charge in [-0.25, -0.2) is 0 Å². The molecular formula is C12H14O2. The molecular weight excluding hydrogens is 176 g/mol. The summed E-state index contributed by atoms with van der Waals surface area (Å²) in [5.74, 6) is 0.0715. The van der Waals surface area contributed by atoms with E-state index in [1.54, 1.807) is 7.11 Å². The van der Waals surface area contributed by atoms with Crippen LogP contribution in [0.15, 0.2) is 18.2 Å². The van der Waals surface area contributed by atoms with Gasteiger partial charge in [-0.3, -0.25) is 4.79 Å². The van der Waals surface area contributed by atoms with E-state index in [4.69, 9.17) is 4.74 Å². The first kappa shape index (κ1) is 9.41. The number of carbonyl (C=O) groups is 1. The van der Waals surface area contributed by atoms with Crippen LogP contribution in [0.25, 0.3) is 0 Å². The van der Waals surface area contributed by atoms with Crippen LogP contribution in [0.2, 0.25) is 0 Å². The second-order valence-corrected chi connectivity index (χ2v) is 3.69. The Morgan fingerprint density at radius 1 is 1.36 bits per heavy atom. The molecule has 74 valence electrons. The van der Waals surface area contributed by atoms with E-state index in [0.717, 1.165) is 18.4 Å². The Morgan fingerprint density at radius 2 is 2.14 bits per heavy atom. The maximum Gasteiger partial charge on any atom is 0.188 e. The molecule has 0 N–H and O–H groups in total. The fourth-order valence-corrected chi connectivity index (χ4v) is 1.96. The maximum absolute atomic E-state index is 11.5. The van der Waals surface area contributed by atoms with E-state index in [2.05, 4.69) is 6.07 Å². The third-order valence-corrected chi connectivity index (χ3v) is 2.70. The molecule has 0 unspecified atom stereocenters. The molecule has 0 fully saturated rings. The van der Waals surface area contributed by atoms with E-state index in [0.29, 0.717) is 0 Å². The van der Waals surface area contributed by atoms with Gasteiger partial charge in [0, 0.05) is 12.7 Å². The minimum atomic E-state index is 0.0715. The largest absolute Gasteiger partial charge is 0.377 e. The number of ketones is 1. The molecule has 0 saturated heterocycles. The Morgan fingerprint density at radius 3 is 2.93 bits per heavy atom. The maximum atomic E-state index is 11.5. The topological polar surface area (TPSA) is 26.3 Å². The van der Waals surface area contributed by atoms with Gasteiger partial charge in [0.25, 0.3) is 0 Å². The number of aryl methyl sites for hydroxylation is 2. The lowest BCUT2D eigenvalue weighted by molar-refractivity contribution is 0.0848. The second kappa shape index (κ2) is 3.93. The fourth-order valence-electron chi connectivity index (χ4n) is 1.96. The van der Waals surface area contributed by atoms with E-state index in [-0.39, 0.29) is 12.4 Å². The summed E-state index contributed by atoms with van der Waals surface area (Å²) in [5.41, 5.74) is 3.53. The number of Topliss-reactive ketones (excluding diaryl/α,β-unsaturated/α-hetero) is 1. The summed E-state index contributed by atoms with van der Waals surface area (Å²) in [6.45, 7) is 0.179. The Hall–Kier alpha value is -1.15. The van der Waals surface area contributed by atoms with E-state index in [1.807, 2.05) is 12.1 Å². The molecule has 0 aromatic heterocycles. The first-order valence-electron chi connectivity index (χ1n) is 4.95. The second-order valence-electron chi connectivity index (χ2n) is 3.69. The highest BCUT2D eigenvalue weighted by Crippen LogP contribution is 2.22. The van der Waals surface area contributed by atoms with Crippen molar-refractivity contribution in [2.45, 2.75) is 19.3 Å². The summed E-state index contributed by atoms with van der Waals surface area (Å²) in [4.78, 5) is 11.5. The van der Waals surface area contributed by atoms with Crippen molar-refractivity contribution in [1.82, 2.24) is 0 Å². The van der Waals surface area contributed by atoms with Gasteiger partial charge in [0.15, 0.2) is 5.78 Å². The predicted octanol–water partition coefficient (Wildman–Crippen LogP) is 2.00. The average molecular weight is 190 g/mol. The highest BCUT2D eigenvalue weighted by atomic mass is 16.5. The molecule has 0 atom stereocenters. The van der Waals surface area contributed by atoms with Gasteiger partial charge in [-0.15, -0.1) is 0 Å². The first-order valence-corrected chi connectivity index (χ1v) is 4.95. The number of hydrogen-bond donors (Lipinski definition) is 0. The number of fused-ring (bicyclic) bond motifs is 1. The van der Waals surface area contributed by atoms with Crippen LogP contribution in [-0.2, 0) is 17.6 Å². The van der Waals surface area contributed by atoms with Crippen LogP contribution in [0.3, 0.4) is 0 Å². The normalized spacial score (nSPS) is 14.1. The smallest absolute Gasteiger partial charge is 0.188 e. The van der Waals surface area contributed by atoms with Gasteiger partial charge in [-0.2, -0.15) is 0 Å². The molecule has 1 aromatic rings. The van der Waals surface area contributed by atoms with Crippen LogP contribution in [0.1, 0.15) is 27.9 Å². The van der Waals surface area contributed by atoms with Crippen molar-refractivity contribution in [2.75, 3.05) is 13.7 Å². The molecule has 1 aliphatic rings. The zero-order valence-corrected chi connectivity index (χ0v) is 8.38. The predicted molar refractivity (Wildman–Crippen MR) is 54.7 cm³/mol. The average Bonchev–Trinajstić information content (AvgIpc) is 2.64. The van der Waals surface area contributed by atoms with Gasteiger partial charge in [-0.1, -0.05) is 12.1 Å². The van der Waals surface area contributed by atoms with Crippen molar-refractivity contribution < 1.29 is 9.53 Å². The van der Waals surface area contributed by atoms with Crippen LogP contribution >= 0.6 is 0 Å². The first-order chi connectivity index (χ1) is 6.81. The van der Waals surface area contributed by atoms with Crippen molar-refractivity contribution in [3.8, 4) is 0 Å². The van der Waals surface area contributed by atoms with Gasteiger partial charge in [-0.05, 0) is 36.5 Å². The van der Waals surface area contributed by atoms with E-state index in [1.165, 1.54) is 17.5 Å². The summed E-state index contributed by atoms with van der Waals surface area (Å²) in [5, 5.41) is 0. The summed E-state index contributed by atoms with van der Waals surface area (Å²) in [6, 6.07) is 6.00. The molecule has 0 amide bonds. The molecule has 0 bridgehead atoms. The molecule has 2 heteroatoms. The Labute approximate surface area is 83.9 Å². The number of methoxy groups -OCH3 is 1. The van der Waals surface area contributed by atoms with Crippen LogP contribution < -0.4 is 0 Å². The molecule has 0 aliphatic heterocycles. The zero-order valence-electron chi connectivity index (χ0n) is 8.38. The lowest BCUT2D eigenvalue weighted by Crippen LogP contribution is -2.07. The fraction of sp³-hybridized carbons (Fsp3) is 0.417. The number of benzene rings is 1. The standard InChI is InChI=1S/C12H14O2/c1-14-8-12(13)11-6-5-9-3-2-4-10(9)7-11/h5-7H,2-4,8H2,1H3. The highest BCUT2D eigenvalue weighted by molar-refractivity contribution is 5.97. The van der Waals surface area contributed by atoms with Crippen molar-refractivity contribution in [2.24, 2.45) is 0 Å². The number of hydrogen-bond acceptors (Lipinski definition) is 2. The SMILES string of the molecule is COCC(=O)c1ccc2c(c1)CCC2. The zero-order chi connectivity index (χ0) is 9.97. The summed E-state index contributed by atoms with van der Waals surface area (Å²) in [7, 11) is 1.55. The lowest BCUT2D eigenvalue weighted by atomic mass is 10.0. The summed E-state index contributed by atoms with van der Waals surface area (Å²) >= 11 is 0. The van der Waals surface area contributed by atoms with Crippen molar-refractivity contribution in [3.05, 3.63) is 34.9 Å². The molecule has 2 nitrogen and oxygen atoms in total. The van der Waals surface area contributed by atoms with Crippen LogP contribution in [0.4, 0.5) is 0 Å². The van der Waals surface area contributed by atoms with Gasteiger partial charge < -0.3 is 4.74 Å². The summed E-state index contributed by atoms with van der Waals surface area (Å²) < 4.78 is 4.83. The monoisotopic (exact) mass is 190 g/mol. The van der Waals surface area contributed by atoms with Gasteiger partial charge in [0.1, 0.15) is 6.61 Å². The van der Waals surface area contributed by atoms with Crippen molar-refractivity contribution in [3.63, 3.8) is 0 Å². The minimum absolute atomic E-state index is 0.0715. The Kier molecular flexibility index (Phi) is 2.64. The molecule has 0 spiro atoms. The van der Waals surface area contributed by atoms with Crippen LogP contribution in [-0.4, -0.2) is 19.5 Å². The lowest BCUT2D eigenvalue weighted by Gasteiger charge is -2.03. The van der Waals surface area contributed by atoms with Crippen molar-refractivity contribution in [1.29, 1.82) is 0 Å². The van der Waals surface area contributed by atoms with Crippen LogP contribution in [0, 0.1) is 0 Å². The molecule has 2 rings (SSSR count). The number of rotatable bonds is 3.